The third kappa shape index (κ3) is 1.94. The van der Waals surface area contributed by atoms with Crippen LogP contribution in [0.15, 0.2) is 22.9 Å². The molecule has 0 spiro atoms. The molecule has 5 nitrogen and oxygen atoms in total. The van der Waals surface area contributed by atoms with Gasteiger partial charge < -0.3 is 10.3 Å². The molecule has 84 valence electrons. The fourth-order valence-corrected chi connectivity index (χ4v) is 1.29. The zero-order valence-electron chi connectivity index (χ0n) is 9.56. The molecule has 0 amide bonds. The summed E-state index contributed by atoms with van der Waals surface area (Å²) >= 11 is 0. The van der Waals surface area contributed by atoms with Crippen LogP contribution < -0.4 is 5.73 Å². The third-order valence-corrected chi connectivity index (χ3v) is 2.21. The average molecular weight is 218 g/mol. The van der Waals surface area contributed by atoms with Crippen LogP contribution in [-0.4, -0.2) is 15.1 Å². The number of aryl methyl sites for hydroxylation is 1. The Kier molecular flexibility index (Phi) is 2.47. The Bertz CT molecular complexity index is 499. The first-order valence-corrected chi connectivity index (χ1v) is 5.03. The Morgan fingerprint density at radius 1 is 1.38 bits per heavy atom. The number of hydrogen-bond acceptors (Lipinski definition) is 5. The van der Waals surface area contributed by atoms with Crippen molar-refractivity contribution in [1.29, 1.82) is 0 Å². The summed E-state index contributed by atoms with van der Waals surface area (Å²) in [5.74, 6) is 0.888. The van der Waals surface area contributed by atoms with Gasteiger partial charge >= 0.3 is 0 Å². The van der Waals surface area contributed by atoms with E-state index in [0.29, 0.717) is 17.4 Å². The third-order valence-electron chi connectivity index (χ3n) is 2.21. The molecule has 0 radical (unpaired) electrons. The Hall–Kier alpha value is -1.75. The van der Waals surface area contributed by atoms with E-state index in [0.717, 1.165) is 5.56 Å². The second-order valence-electron chi connectivity index (χ2n) is 4.31. The number of nitrogens with zero attached hydrogens (tertiary/aromatic N) is 3. The summed E-state index contributed by atoms with van der Waals surface area (Å²) in [5, 5.41) is 3.85. The van der Waals surface area contributed by atoms with E-state index in [1.54, 1.807) is 6.20 Å². The van der Waals surface area contributed by atoms with Gasteiger partial charge in [-0.3, -0.25) is 4.98 Å². The largest absolute Gasteiger partial charge is 0.332 e. The lowest BCUT2D eigenvalue weighted by Gasteiger charge is -2.11. The molecule has 16 heavy (non-hydrogen) atoms. The van der Waals surface area contributed by atoms with Gasteiger partial charge in [-0.1, -0.05) is 11.2 Å². The smallest absolute Gasteiger partial charge is 0.276 e. The molecule has 0 atom stereocenters. The predicted molar refractivity (Wildman–Crippen MR) is 59.5 cm³/mol. The van der Waals surface area contributed by atoms with Crippen molar-refractivity contribution in [2.45, 2.75) is 26.3 Å². The molecular weight excluding hydrogens is 204 g/mol. The quantitative estimate of drug-likeness (QED) is 0.828. The molecule has 2 aromatic rings. The molecule has 0 saturated heterocycles. The van der Waals surface area contributed by atoms with E-state index >= 15 is 0 Å². The van der Waals surface area contributed by atoms with Gasteiger partial charge in [-0.05, 0) is 32.4 Å². The van der Waals surface area contributed by atoms with Crippen LogP contribution in [0.4, 0.5) is 0 Å². The van der Waals surface area contributed by atoms with Crippen LogP contribution in [0.3, 0.4) is 0 Å². The molecule has 0 aliphatic heterocycles. The first kappa shape index (κ1) is 10.8. The SMILES string of the molecule is Cc1cccnc1-c1nc(C(C)(C)N)no1. The molecule has 5 heteroatoms. The van der Waals surface area contributed by atoms with Crippen molar-refractivity contribution in [2.75, 3.05) is 0 Å². The Morgan fingerprint density at radius 3 is 2.69 bits per heavy atom. The number of rotatable bonds is 2. The van der Waals surface area contributed by atoms with E-state index in [9.17, 15) is 0 Å². The highest BCUT2D eigenvalue weighted by Gasteiger charge is 2.22. The highest BCUT2D eigenvalue weighted by Crippen LogP contribution is 2.21. The Morgan fingerprint density at radius 2 is 2.12 bits per heavy atom. The summed E-state index contributed by atoms with van der Waals surface area (Å²) in [5.41, 5.74) is 6.97. The van der Waals surface area contributed by atoms with E-state index in [1.165, 1.54) is 0 Å². The van der Waals surface area contributed by atoms with Gasteiger partial charge in [0.1, 0.15) is 5.69 Å². The molecule has 2 rings (SSSR count). The van der Waals surface area contributed by atoms with E-state index < -0.39 is 5.54 Å². The minimum atomic E-state index is -0.607. The van der Waals surface area contributed by atoms with Crippen LogP contribution in [0.1, 0.15) is 25.2 Å². The van der Waals surface area contributed by atoms with Gasteiger partial charge in [-0.2, -0.15) is 4.98 Å². The van der Waals surface area contributed by atoms with Crippen molar-refractivity contribution < 1.29 is 4.52 Å². The lowest BCUT2D eigenvalue weighted by atomic mass is 10.1. The topological polar surface area (TPSA) is 77.8 Å². The zero-order valence-corrected chi connectivity index (χ0v) is 9.56. The second kappa shape index (κ2) is 3.68. The van der Waals surface area contributed by atoms with E-state index in [2.05, 4.69) is 15.1 Å². The molecule has 0 bridgehead atoms. The summed E-state index contributed by atoms with van der Waals surface area (Å²) in [4.78, 5) is 8.45. The van der Waals surface area contributed by atoms with Gasteiger partial charge in [-0.25, -0.2) is 0 Å². The normalized spacial score (nSPS) is 11.8. The summed E-state index contributed by atoms with van der Waals surface area (Å²) in [6.07, 6.45) is 1.69. The molecule has 0 aliphatic rings. The monoisotopic (exact) mass is 218 g/mol. The van der Waals surface area contributed by atoms with Crippen LogP contribution in [0.2, 0.25) is 0 Å². The average Bonchev–Trinajstić information content (AvgIpc) is 2.66. The highest BCUT2D eigenvalue weighted by atomic mass is 16.5. The standard InChI is InChI=1S/C11H14N4O/c1-7-5-4-6-13-8(7)9-14-10(15-16-9)11(2,3)12/h4-6H,12H2,1-3H3. The van der Waals surface area contributed by atoms with E-state index in [4.69, 9.17) is 10.3 Å². The van der Waals surface area contributed by atoms with Crippen molar-refractivity contribution >= 4 is 0 Å². The van der Waals surface area contributed by atoms with Gasteiger partial charge in [0.15, 0.2) is 5.82 Å². The first-order chi connectivity index (χ1) is 7.48. The maximum Gasteiger partial charge on any atom is 0.276 e. The number of nitrogens with two attached hydrogens (primary N) is 1. The molecule has 2 heterocycles. The molecule has 0 fully saturated rings. The van der Waals surface area contributed by atoms with Crippen molar-refractivity contribution in [3.63, 3.8) is 0 Å². The number of pyridine rings is 1. The van der Waals surface area contributed by atoms with Crippen LogP contribution >= 0.6 is 0 Å². The molecule has 0 unspecified atom stereocenters. The molecule has 2 aromatic heterocycles. The fraction of sp³-hybridized carbons (Fsp3) is 0.364. The van der Waals surface area contributed by atoms with Crippen LogP contribution in [0.5, 0.6) is 0 Å². The van der Waals surface area contributed by atoms with Crippen LogP contribution in [-0.2, 0) is 5.54 Å². The summed E-state index contributed by atoms with van der Waals surface area (Å²) in [7, 11) is 0. The second-order valence-corrected chi connectivity index (χ2v) is 4.31. The lowest BCUT2D eigenvalue weighted by Crippen LogP contribution is -2.30. The summed E-state index contributed by atoms with van der Waals surface area (Å²) in [6, 6.07) is 3.81. The van der Waals surface area contributed by atoms with Gasteiger partial charge in [0.25, 0.3) is 5.89 Å². The molecule has 0 aromatic carbocycles. The van der Waals surface area contributed by atoms with Gasteiger partial charge in [-0.15, -0.1) is 0 Å². The van der Waals surface area contributed by atoms with Gasteiger partial charge in [0, 0.05) is 6.20 Å². The first-order valence-electron chi connectivity index (χ1n) is 5.03. The van der Waals surface area contributed by atoms with Crippen molar-refractivity contribution in [3.8, 4) is 11.6 Å². The van der Waals surface area contributed by atoms with E-state index in [1.807, 2.05) is 32.9 Å². The zero-order chi connectivity index (χ0) is 11.8. The van der Waals surface area contributed by atoms with Crippen molar-refractivity contribution in [2.24, 2.45) is 5.73 Å². The molecular formula is C11H14N4O. The van der Waals surface area contributed by atoms with Gasteiger partial charge in [0.2, 0.25) is 0 Å². The van der Waals surface area contributed by atoms with Gasteiger partial charge in [0.05, 0.1) is 5.54 Å². The van der Waals surface area contributed by atoms with Crippen molar-refractivity contribution in [1.82, 2.24) is 15.1 Å². The fourth-order valence-electron chi connectivity index (χ4n) is 1.29. The maximum absolute atomic E-state index is 5.88. The molecule has 0 aliphatic carbocycles. The molecule has 0 saturated carbocycles. The minimum Gasteiger partial charge on any atom is -0.332 e. The van der Waals surface area contributed by atoms with Crippen LogP contribution in [0, 0.1) is 6.92 Å². The summed E-state index contributed by atoms with van der Waals surface area (Å²) in [6.45, 7) is 5.60. The van der Waals surface area contributed by atoms with E-state index in [-0.39, 0.29) is 0 Å². The number of hydrogen-bond donors (Lipinski definition) is 1. The van der Waals surface area contributed by atoms with Crippen molar-refractivity contribution in [3.05, 3.63) is 29.7 Å². The highest BCUT2D eigenvalue weighted by molar-refractivity contribution is 5.51. The maximum atomic E-state index is 5.88. The molecule has 2 N–H and O–H groups in total. The summed E-state index contributed by atoms with van der Waals surface area (Å²) < 4.78 is 5.15. The number of aromatic nitrogens is 3. The Balaban J connectivity index is 2.44. The Labute approximate surface area is 93.7 Å². The minimum absolute atomic E-state index is 0.409. The lowest BCUT2D eigenvalue weighted by molar-refractivity contribution is 0.396. The predicted octanol–water partition coefficient (Wildman–Crippen LogP) is 1.63. The van der Waals surface area contributed by atoms with Crippen LogP contribution in [0.25, 0.3) is 11.6 Å².